The number of rotatable bonds is 7. The molecule has 0 saturated carbocycles. The van der Waals surface area contributed by atoms with Gasteiger partial charge in [-0.2, -0.15) is 0 Å². The molecule has 0 aliphatic carbocycles. The first-order valence-corrected chi connectivity index (χ1v) is 8.78. The number of para-hydroxylation sites is 1. The number of carbonyl (C=O) groups is 2. The Hall–Kier alpha value is -2.63. The van der Waals surface area contributed by atoms with Gasteiger partial charge in [0.1, 0.15) is 5.82 Å². The minimum absolute atomic E-state index is 0.0155. The van der Waals surface area contributed by atoms with E-state index < -0.39 is 0 Å². The SMILES string of the molecule is Cc1nccn1CCCNC(=O)CCN1C(=O)CCc2ccccc21. The van der Waals surface area contributed by atoms with Crippen LogP contribution in [0.3, 0.4) is 0 Å². The smallest absolute Gasteiger partial charge is 0.227 e. The zero-order valence-electron chi connectivity index (χ0n) is 14.6. The quantitative estimate of drug-likeness (QED) is 0.785. The van der Waals surface area contributed by atoms with E-state index in [1.165, 1.54) is 5.56 Å². The van der Waals surface area contributed by atoms with Gasteiger partial charge in [-0.25, -0.2) is 4.98 Å². The molecule has 1 aliphatic heterocycles. The molecule has 25 heavy (non-hydrogen) atoms. The van der Waals surface area contributed by atoms with E-state index in [0.29, 0.717) is 25.9 Å². The maximum absolute atomic E-state index is 12.2. The monoisotopic (exact) mass is 340 g/mol. The molecule has 0 fully saturated rings. The van der Waals surface area contributed by atoms with Crippen molar-refractivity contribution in [3.05, 3.63) is 48.0 Å². The van der Waals surface area contributed by atoms with E-state index in [2.05, 4.69) is 14.9 Å². The molecule has 6 heteroatoms. The lowest BCUT2D eigenvalue weighted by molar-refractivity contribution is -0.121. The van der Waals surface area contributed by atoms with Gasteiger partial charge < -0.3 is 14.8 Å². The van der Waals surface area contributed by atoms with E-state index >= 15 is 0 Å². The van der Waals surface area contributed by atoms with Crippen molar-refractivity contribution in [3.8, 4) is 0 Å². The van der Waals surface area contributed by atoms with Crippen LogP contribution in [0.5, 0.6) is 0 Å². The summed E-state index contributed by atoms with van der Waals surface area (Å²) in [6.45, 7) is 3.86. The van der Waals surface area contributed by atoms with Gasteiger partial charge >= 0.3 is 0 Å². The van der Waals surface area contributed by atoms with E-state index in [4.69, 9.17) is 0 Å². The van der Waals surface area contributed by atoms with E-state index in [1.807, 2.05) is 37.4 Å². The molecular formula is C19H24N4O2. The number of nitrogens with one attached hydrogen (secondary N) is 1. The van der Waals surface area contributed by atoms with Gasteiger partial charge in [-0.1, -0.05) is 18.2 Å². The molecule has 0 saturated heterocycles. The summed E-state index contributed by atoms with van der Waals surface area (Å²) in [6, 6.07) is 7.93. The molecule has 2 heterocycles. The fourth-order valence-electron chi connectivity index (χ4n) is 3.16. The summed E-state index contributed by atoms with van der Waals surface area (Å²) in [6.07, 6.45) is 6.20. The Morgan fingerprint density at radius 1 is 1.24 bits per heavy atom. The lowest BCUT2D eigenvalue weighted by atomic mass is 10.0. The molecule has 3 rings (SSSR count). The first-order valence-electron chi connectivity index (χ1n) is 8.78. The Labute approximate surface area is 147 Å². The summed E-state index contributed by atoms with van der Waals surface area (Å²) in [5, 5.41) is 2.93. The normalized spacial score (nSPS) is 13.6. The van der Waals surface area contributed by atoms with Gasteiger partial charge in [-0.3, -0.25) is 9.59 Å². The zero-order chi connectivity index (χ0) is 17.6. The lowest BCUT2D eigenvalue weighted by Gasteiger charge is -2.29. The number of imidazole rings is 1. The molecule has 0 atom stereocenters. The van der Waals surface area contributed by atoms with Crippen LogP contribution in [0.4, 0.5) is 5.69 Å². The standard InChI is InChI=1S/C19H24N4O2/c1-15-20-11-14-22(15)12-4-10-21-18(24)9-13-23-17-6-3-2-5-16(17)7-8-19(23)25/h2-3,5-6,11,14H,4,7-10,12-13H2,1H3,(H,21,24). The highest BCUT2D eigenvalue weighted by Gasteiger charge is 2.23. The van der Waals surface area contributed by atoms with Gasteiger partial charge in [0.25, 0.3) is 0 Å². The molecule has 1 aromatic heterocycles. The third-order valence-corrected chi connectivity index (χ3v) is 4.58. The number of aryl methyl sites for hydroxylation is 3. The van der Waals surface area contributed by atoms with Gasteiger partial charge in [0.15, 0.2) is 0 Å². The highest BCUT2D eigenvalue weighted by Crippen LogP contribution is 2.27. The van der Waals surface area contributed by atoms with Crippen molar-refractivity contribution in [3.63, 3.8) is 0 Å². The summed E-state index contributed by atoms with van der Waals surface area (Å²) in [4.78, 5) is 30.2. The number of hydrogen-bond donors (Lipinski definition) is 1. The number of amides is 2. The first kappa shape index (κ1) is 17.2. The van der Waals surface area contributed by atoms with Crippen molar-refractivity contribution in [2.45, 2.75) is 39.2 Å². The van der Waals surface area contributed by atoms with E-state index in [9.17, 15) is 9.59 Å². The molecular weight excluding hydrogens is 316 g/mol. The van der Waals surface area contributed by atoms with Crippen LogP contribution < -0.4 is 10.2 Å². The molecule has 1 aromatic carbocycles. The second kappa shape index (κ2) is 7.96. The number of aromatic nitrogens is 2. The average Bonchev–Trinajstić information content (AvgIpc) is 3.03. The fourth-order valence-corrected chi connectivity index (χ4v) is 3.16. The number of hydrogen-bond acceptors (Lipinski definition) is 3. The van der Waals surface area contributed by atoms with Gasteiger partial charge in [0.05, 0.1) is 0 Å². The van der Waals surface area contributed by atoms with E-state index in [1.54, 1.807) is 11.1 Å². The number of carbonyl (C=O) groups excluding carboxylic acids is 2. The Morgan fingerprint density at radius 3 is 2.88 bits per heavy atom. The topological polar surface area (TPSA) is 67.2 Å². The van der Waals surface area contributed by atoms with Crippen LogP contribution in [0.2, 0.25) is 0 Å². The second-order valence-electron chi connectivity index (χ2n) is 6.30. The molecule has 2 aromatic rings. The summed E-state index contributed by atoms with van der Waals surface area (Å²) >= 11 is 0. The van der Waals surface area contributed by atoms with Crippen molar-refractivity contribution >= 4 is 17.5 Å². The van der Waals surface area contributed by atoms with Crippen molar-refractivity contribution in [1.29, 1.82) is 0 Å². The first-order chi connectivity index (χ1) is 12.1. The Balaban J connectivity index is 1.43. The Kier molecular flexibility index (Phi) is 5.48. The molecule has 1 aliphatic rings. The number of nitrogens with zero attached hydrogens (tertiary/aromatic N) is 3. The minimum atomic E-state index is -0.0155. The fraction of sp³-hybridized carbons (Fsp3) is 0.421. The Bertz CT molecular complexity index is 753. The van der Waals surface area contributed by atoms with Gasteiger partial charge in [-0.15, -0.1) is 0 Å². The third-order valence-electron chi connectivity index (χ3n) is 4.58. The molecule has 0 bridgehead atoms. The summed E-state index contributed by atoms with van der Waals surface area (Å²) < 4.78 is 2.06. The summed E-state index contributed by atoms with van der Waals surface area (Å²) in [5.41, 5.74) is 2.13. The molecule has 132 valence electrons. The number of benzene rings is 1. The van der Waals surface area contributed by atoms with Crippen LogP contribution in [-0.4, -0.2) is 34.5 Å². The third kappa shape index (κ3) is 4.26. The van der Waals surface area contributed by atoms with Crippen LogP contribution in [-0.2, 0) is 22.6 Å². The molecule has 0 spiro atoms. The highest BCUT2D eigenvalue weighted by molar-refractivity contribution is 5.96. The zero-order valence-corrected chi connectivity index (χ0v) is 14.6. The van der Waals surface area contributed by atoms with Crippen molar-refractivity contribution in [2.24, 2.45) is 0 Å². The minimum Gasteiger partial charge on any atom is -0.356 e. The predicted molar refractivity (Wildman–Crippen MR) is 96.3 cm³/mol. The second-order valence-corrected chi connectivity index (χ2v) is 6.30. The van der Waals surface area contributed by atoms with Gasteiger partial charge in [-0.05, 0) is 31.4 Å². The maximum Gasteiger partial charge on any atom is 0.227 e. The van der Waals surface area contributed by atoms with Gasteiger partial charge in [0.2, 0.25) is 11.8 Å². The Morgan fingerprint density at radius 2 is 2.08 bits per heavy atom. The molecule has 2 amide bonds. The predicted octanol–water partition coefficient (Wildman–Crippen LogP) is 2.07. The lowest BCUT2D eigenvalue weighted by Crippen LogP contribution is -2.38. The average molecular weight is 340 g/mol. The van der Waals surface area contributed by atoms with Crippen molar-refractivity contribution in [1.82, 2.24) is 14.9 Å². The number of anilines is 1. The molecule has 6 nitrogen and oxygen atoms in total. The molecule has 1 N–H and O–H groups in total. The van der Waals surface area contributed by atoms with Crippen LogP contribution in [0.1, 0.15) is 30.7 Å². The van der Waals surface area contributed by atoms with Crippen LogP contribution in [0.15, 0.2) is 36.7 Å². The maximum atomic E-state index is 12.2. The largest absolute Gasteiger partial charge is 0.356 e. The highest BCUT2D eigenvalue weighted by atomic mass is 16.2. The number of fused-ring (bicyclic) bond motifs is 1. The molecule has 0 radical (unpaired) electrons. The van der Waals surface area contributed by atoms with Crippen molar-refractivity contribution in [2.75, 3.05) is 18.0 Å². The van der Waals surface area contributed by atoms with Crippen LogP contribution in [0.25, 0.3) is 0 Å². The van der Waals surface area contributed by atoms with Crippen molar-refractivity contribution < 1.29 is 9.59 Å². The van der Waals surface area contributed by atoms with Gasteiger partial charge in [0, 0.05) is 50.6 Å². The molecule has 0 unspecified atom stereocenters. The van der Waals surface area contributed by atoms with Crippen LogP contribution in [0, 0.1) is 6.92 Å². The van der Waals surface area contributed by atoms with Crippen LogP contribution >= 0.6 is 0 Å². The summed E-state index contributed by atoms with van der Waals surface area (Å²) in [7, 11) is 0. The van der Waals surface area contributed by atoms with E-state index in [0.717, 1.165) is 30.9 Å². The van der Waals surface area contributed by atoms with E-state index in [-0.39, 0.29) is 11.8 Å². The summed E-state index contributed by atoms with van der Waals surface area (Å²) in [5.74, 6) is 1.06.